The lowest BCUT2D eigenvalue weighted by Crippen LogP contribution is -2.52. The van der Waals surface area contributed by atoms with E-state index < -0.39 is 0 Å². The third-order valence-corrected chi connectivity index (χ3v) is 1.76. The summed E-state index contributed by atoms with van der Waals surface area (Å²) >= 11 is 0. The van der Waals surface area contributed by atoms with Gasteiger partial charge in [-0.1, -0.05) is 0 Å². The summed E-state index contributed by atoms with van der Waals surface area (Å²) in [6, 6.07) is 0.120. The van der Waals surface area contributed by atoms with E-state index in [2.05, 4.69) is 0 Å². The van der Waals surface area contributed by atoms with Crippen molar-refractivity contribution in [3.05, 3.63) is 0 Å². The van der Waals surface area contributed by atoms with E-state index in [4.69, 9.17) is 5.73 Å². The molecule has 0 saturated carbocycles. The molecule has 0 aromatic carbocycles. The molecule has 0 aromatic rings. The molecule has 9 heavy (non-hydrogen) atoms. The summed E-state index contributed by atoms with van der Waals surface area (Å²) < 4.78 is -0.0579. The molecule has 0 saturated heterocycles. The molecule has 0 aliphatic heterocycles. The Balaban J connectivity index is 3.88. The number of nitrogens with two attached hydrogens (primary N) is 1. The first kappa shape index (κ1) is 8.88. The first-order valence-electron chi connectivity index (χ1n) is 3.17. The molecule has 0 fully saturated rings. The Labute approximate surface area is 56.6 Å². The van der Waals surface area contributed by atoms with Gasteiger partial charge in [-0.2, -0.15) is 4.65 Å². The highest BCUT2D eigenvalue weighted by Gasteiger charge is 2.24. The fourth-order valence-electron chi connectivity index (χ4n) is 0.575. The monoisotopic (exact) mass is 133 g/mol. The van der Waals surface area contributed by atoms with Crippen LogP contribution in [0.4, 0.5) is 0 Å². The maximum atomic E-state index is 9.31. The zero-order valence-corrected chi connectivity index (χ0v) is 6.63. The summed E-state index contributed by atoms with van der Waals surface area (Å²) in [6.07, 6.45) is 0. The highest BCUT2D eigenvalue weighted by atomic mass is 16.5. The molecule has 0 amide bonds. The van der Waals surface area contributed by atoms with Crippen molar-refractivity contribution in [1.82, 2.24) is 0 Å². The molecule has 3 heteroatoms. The zero-order chi connectivity index (χ0) is 7.65. The standard InChI is InChI=1S/C6H17N2O/c1-5(7)6(2)8(3,4)9/h5-6,9H,7H2,1-4H3/q+1/t5-,6+/m0/s1. The predicted octanol–water partition coefficient (Wildman–Crippen LogP) is 0.188. The van der Waals surface area contributed by atoms with Crippen molar-refractivity contribution in [2.75, 3.05) is 14.1 Å². The topological polar surface area (TPSA) is 46.2 Å². The van der Waals surface area contributed by atoms with Crippen LogP contribution in [-0.4, -0.2) is 36.0 Å². The van der Waals surface area contributed by atoms with Crippen molar-refractivity contribution >= 4 is 0 Å². The molecule has 0 rings (SSSR count). The highest BCUT2D eigenvalue weighted by Crippen LogP contribution is 2.03. The fraction of sp³-hybridized carbons (Fsp3) is 1.00. The van der Waals surface area contributed by atoms with Gasteiger partial charge in [0.1, 0.15) is 6.04 Å². The predicted molar refractivity (Wildman–Crippen MR) is 37.0 cm³/mol. The van der Waals surface area contributed by atoms with Gasteiger partial charge in [-0.25, -0.2) is 5.21 Å². The van der Waals surface area contributed by atoms with Gasteiger partial charge in [-0.05, 0) is 13.8 Å². The van der Waals surface area contributed by atoms with Crippen LogP contribution in [-0.2, 0) is 0 Å². The molecule has 0 unspecified atom stereocenters. The molecule has 2 atom stereocenters. The molecule has 0 spiro atoms. The second kappa shape index (κ2) is 2.64. The number of quaternary nitrogens is 1. The highest BCUT2D eigenvalue weighted by molar-refractivity contribution is 4.60. The Morgan fingerprint density at radius 2 is 1.67 bits per heavy atom. The van der Waals surface area contributed by atoms with Gasteiger partial charge in [0.2, 0.25) is 0 Å². The largest absolute Gasteiger partial charge is 0.323 e. The van der Waals surface area contributed by atoms with E-state index in [9.17, 15) is 5.21 Å². The number of hydrogen-bond acceptors (Lipinski definition) is 2. The summed E-state index contributed by atoms with van der Waals surface area (Å²) in [5, 5.41) is 9.31. The van der Waals surface area contributed by atoms with Gasteiger partial charge in [0.25, 0.3) is 0 Å². The van der Waals surface area contributed by atoms with Gasteiger partial charge in [-0.3, -0.25) is 0 Å². The lowest BCUT2D eigenvalue weighted by molar-refractivity contribution is -1.09. The van der Waals surface area contributed by atoms with Crippen LogP contribution < -0.4 is 5.73 Å². The molecule has 0 radical (unpaired) electrons. The third-order valence-electron chi connectivity index (χ3n) is 1.76. The van der Waals surface area contributed by atoms with E-state index >= 15 is 0 Å². The molecule has 0 aromatic heterocycles. The molecule has 0 heterocycles. The van der Waals surface area contributed by atoms with Crippen LogP contribution >= 0.6 is 0 Å². The number of rotatable bonds is 2. The van der Waals surface area contributed by atoms with Crippen molar-refractivity contribution in [3.63, 3.8) is 0 Å². The maximum Gasteiger partial charge on any atom is 0.130 e. The van der Waals surface area contributed by atoms with Gasteiger partial charge >= 0.3 is 0 Å². The molecule has 3 N–H and O–H groups in total. The second-order valence-electron chi connectivity index (χ2n) is 3.08. The summed E-state index contributed by atoms with van der Waals surface area (Å²) in [4.78, 5) is 0. The summed E-state index contributed by atoms with van der Waals surface area (Å²) in [7, 11) is 3.43. The quantitative estimate of drug-likeness (QED) is 0.417. The van der Waals surface area contributed by atoms with E-state index in [0.717, 1.165) is 0 Å². The van der Waals surface area contributed by atoms with Crippen LogP contribution in [0.5, 0.6) is 0 Å². The first-order chi connectivity index (χ1) is 3.85. The Morgan fingerprint density at radius 1 is 1.33 bits per heavy atom. The molecular weight excluding hydrogens is 116 g/mol. The zero-order valence-electron chi connectivity index (χ0n) is 6.63. The number of hydroxylamine groups is 3. The SMILES string of the molecule is C[C@H](N)[C@@H](C)[N+](C)(C)O. The fourth-order valence-corrected chi connectivity index (χ4v) is 0.575. The Morgan fingerprint density at radius 3 is 1.67 bits per heavy atom. The Bertz CT molecular complexity index is 85.5. The van der Waals surface area contributed by atoms with Crippen LogP contribution in [0, 0.1) is 0 Å². The average molecular weight is 133 g/mol. The minimum absolute atomic E-state index is 0.0324. The molecule has 3 nitrogen and oxygen atoms in total. The average Bonchev–Trinajstić information content (AvgIpc) is 1.62. The lowest BCUT2D eigenvalue weighted by atomic mass is 10.2. The third kappa shape index (κ3) is 2.79. The molecule has 0 aliphatic rings. The minimum Gasteiger partial charge on any atom is -0.323 e. The van der Waals surface area contributed by atoms with Crippen LogP contribution in [0.1, 0.15) is 13.8 Å². The summed E-state index contributed by atoms with van der Waals surface area (Å²) in [6.45, 7) is 3.81. The Kier molecular flexibility index (Phi) is 2.61. The van der Waals surface area contributed by atoms with Crippen LogP contribution in [0.2, 0.25) is 0 Å². The van der Waals surface area contributed by atoms with Gasteiger partial charge in [0.05, 0.1) is 20.1 Å². The summed E-state index contributed by atoms with van der Waals surface area (Å²) in [5.74, 6) is 0. The number of hydrogen-bond donors (Lipinski definition) is 2. The van der Waals surface area contributed by atoms with Crippen molar-refractivity contribution in [3.8, 4) is 0 Å². The van der Waals surface area contributed by atoms with E-state index in [1.54, 1.807) is 14.1 Å². The van der Waals surface area contributed by atoms with Gasteiger partial charge in [-0.15, -0.1) is 0 Å². The lowest BCUT2D eigenvalue weighted by Gasteiger charge is -2.29. The van der Waals surface area contributed by atoms with Gasteiger partial charge in [0.15, 0.2) is 0 Å². The number of nitrogens with zero attached hydrogens (tertiary/aromatic N) is 1. The summed E-state index contributed by atoms with van der Waals surface area (Å²) in [5.41, 5.74) is 5.55. The first-order valence-corrected chi connectivity index (χ1v) is 3.17. The molecule has 56 valence electrons. The van der Waals surface area contributed by atoms with Crippen molar-refractivity contribution in [1.29, 1.82) is 0 Å². The smallest absolute Gasteiger partial charge is 0.130 e. The molecule has 0 bridgehead atoms. The molecule has 0 aliphatic carbocycles. The van der Waals surface area contributed by atoms with Crippen molar-refractivity contribution in [2.24, 2.45) is 5.73 Å². The van der Waals surface area contributed by atoms with Gasteiger partial charge < -0.3 is 5.73 Å². The van der Waals surface area contributed by atoms with E-state index in [-0.39, 0.29) is 16.7 Å². The van der Waals surface area contributed by atoms with Crippen LogP contribution in [0.15, 0.2) is 0 Å². The van der Waals surface area contributed by atoms with Crippen LogP contribution in [0.3, 0.4) is 0 Å². The van der Waals surface area contributed by atoms with E-state index in [1.807, 2.05) is 13.8 Å². The maximum absolute atomic E-state index is 9.31. The second-order valence-corrected chi connectivity index (χ2v) is 3.08. The molecular formula is C6H17N2O+. The number of likely N-dealkylation sites (N-methyl/N-ethyl adjacent to an activating group) is 1. The van der Waals surface area contributed by atoms with Crippen molar-refractivity contribution in [2.45, 2.75) is 25.9 Å². The normalized spacial score (nSPS) is 19.3. The van der Waals surface area contributed by atoms with E-state index in [1.165, 1.54) is 0 Å². The van der Waals surface area contributed by atoms with E-state index in [0.29, 0.717) is 0 Å². The van der Waals surface area contributed by atoms with Crippen LogP contribution in [0.25, 0.3) is 0 Å². The minimum atomic E-state index is -0.0579. The van der Waals surface area contributed by atoms with Gasteiger partial charge in [0, 0.05) is 0 Å². The van der Waals surface area contributed by atoms with Crippen molar-refractivity contribution < 1.29 is 9.85 Å². The Hall–Kier alpha value is -0.120.